The molecular weight excluding hydrogens is 331 g/mol. The summed E-state index contributed by atoms with van der Waals surface area (Å²) in [6.07, 6.45) is 2.13. The number of rotatable bonds is 7. The molecule has 2 aromatic rings. The lowest BCUT2D eigenvalue weighted by atomic mass is 10.0. The fraction of sp³-hybridized carbons (Fsp3) is 0.500. The second-order valence-electron chi connectivity index (χ2n) is 7.69. The van der Waals surface area contributed by atoms with Gasteiger partial charge in [0, 0.05) is 29.8 Å². The van der Waals surface area contributed by atoms with Crippen LogP contribution in [0.4, 0.5) is 4.39 Å². The predicted octanol–water partition coefficient (Wildman–Crippen LogP) is 2.84. The van der Waals surface area contributed by atoms with Crippen molar-refractivity contribution in [3.05, 3.63) is 53.1 Å². The molecule has 1 aromatic carbocycles. The van der Waals surface area contributed by atoms with Crippen molar-refractivity contribution in [2.45, 2.75) is 39.3 Å². The molecule has 0 unspecified atom stereocenters. The third kappa shape index (κ3) is 3.96. The summed E-state index contributed by atoms with van der Waals surface area (Å²) in [6.45, 7) is 5.43. The van der Waals surface area contributed by atoms with Crippen molar-refractivity contribution in [2.24, 2.45) is 5.41 Å². The summed E-state index contributed by atoms with van der Waals surface area (Å²) in [5, 5.41) is 7.58. The molecular formula is C20H27FN4O. The average molecular weight is 358 g/mol. The van der Waals surface area contributed by atoms with Gasteiger partial charge in [0.25, 0.3) is 0 Å². The van der Waals surface area contributed by atoms with Crippen LogP contribution in [-0.4, -0.2) is 41.2 Å². The van der Waals surface area contributed by atoms with Crippen LogP contribution in [0.5, 0.6) is 0 Å². The molecule has 140 valence electrons. The minimum atomic E-state index is -0.638. The Hall–Kier alpha value is -2.21. The van der Waals surface area contributed by atoms with E-state index in [9.17, 15) is 9.18 Å². The van der Waals surface area contributed by atoms with Gasteiger partial charge in [-0.3, -0.25) is 14.4 Å². The van der Waals surface area contributed by atoms with Gasteiger partial charge in [0.15, 0.2) is 0 Å². The lowest BCUT2D eigenvalue weighted by molar-refractivity contribution is -0.126. The number of carbonyl (C=O) groups excluding carboxylic acids is 1. The number of hydrogen-bond acceptors (Lipinski definition) is 3. The number of carbonyl (C=O) groups is 1. The number of nitrogens with zero attached hydrogens (tertiary/aromatic N) is 3. The number of halogens is 1. The molecule has 1 heterocycles. The lowest BCUT2D eigenvalue weighted by Crippen LogP contribution is -2.40. The zero-order valence-electron chi connectivity index (χ0n) is 15.9. The van der Waals surface area contributed by atoms with Gasteiger partial charge in [-0.25, -0.2) is 4.39 Å². The van der Waals surface area contributed by atoms with Crippen LogP contribution in [0.25, 0.3) is 0 Å². The second-order valence-corrected chi connectivity index (χ2v) is 7.69. The summed E-state index contributed by atoms with van der Waals surface area (Å²) < 4.78 is 16.2. The van der Waals surface area contributed by atoms with Crippen LogP contribution in [-0.2, 0) is 11.3 Å². The quantitative estimate of drug-likeness (QED) is 0.828. The van der Waals surface area contributed by atoms with Crippen LogP contribution < -0.4 is 5.32 Å². The first-order valence-corrected chi connectivity index (χ1v) is 9.01. The second kappa shape index (κ2) is 7.19. The zero-order chi connectivity index (χ0) is 18.9. The van der Waals surface area contributed by atoms with E-state index < -0.39 is 6.04 Å². The van der Waals surface area contributed by atoms with Crippen LogP contribution in [0.15, 0.2) is 30.3 Å². The van der Waals surface area contributed by atoms with Crippen LogP contribution in [0.2, 0.25) is 0 Å². The number of benzene rings is 1. The van der Waals surface area contributed by atoms with E-state index >= 15 is 0 Å². The Labute approximate surface area is 154 Å². The Morgan fingerprint density at radius 2 is 2.04 bits per heavy atom. The highest BCUT2D eigenvalue weighted by atomic mass is 19.1. The van der Waals surface area contributed by atoms with Gasteiger partial charge in [-0.2, -0.15) is 5.10 Å². The number of likely N-dealkylation sites (N-methyl/N-ethyl adjacent to an activating group) is 1. The van der Waals surface area contributed by atoms with Gasteiger partial charge in [0.2, 0.25) is 5.91 Å². The van der Waals surface area contributed by atoms with E-state index in [-0.39, 0.29) is 17.1 Å². The normalized spacial score (nSPS) is 16.5. The van der Waals surface area contributed by atoms with Crippen molar-refractivity contribution in [1.82, 2.24) is 20.0 Å². The van der Waals surface area contributed by atoms with E-state index in [2.05, 4.69) is 23.4 Å². The van der Waals surface area contributed by atoms with Crippen molar-refractivity contribution in [2.75, 3.05) is 20.6 Å². The Kier molecular flexibility index (Phi) is 5.14. The van der Waals surface area contributed by atoms with Crippen LogP contribution >= 0.6 is 0 Å². The summed E-state index contributed by atoms with van der Waals surface area (Å²) in [6, 6.07) is 7.88. The molecule has 3 rings (SSSR count). The van der Waals surface area contributed by atoms with Crippen molar-refractivity contribution < 1.29 is 9.18 Å². The van der Waals surface area contributed by atoms with Gasteiger partial charge in [0.1, 0.15) is 11.9 Å². The molecule has 0 radical (unpaired) electrons. The van der Waals surface area contributed by atoms with Crippen molar-refractivity contribution in [3.8, 4) is 0 Å². The maximum atomic E-state index is 14.2. The van der Waals surface area contributed by atoms with Gasteiger partial charge in [-0.1, -0.05) is 18.2 Å². The van der Waals surface area contributed by atoms with Gasteiger partial charge >= 0.3 is 0 Å². The van der Waals surface area contributed by atoms with Gasteiger partial charge < -0.3 is 5.32 Å². The molecule has 1 fully saturated rings. The van der Waals surface area contributed by atoms with E-state index in [1.165, 1.54) is 6.07 Å². The third-order valence-electron chi connectivity index (χ3n) is 5.15. The molecule has 0 saturated heterocycles. The summed E-state index contributed by atoms with van der Waals surface area (Å²) in [5.41, 5.74) is 2.61. The van der Waals surface area contributed by atoms with Crippen LogP contribution in [0.1, 0.15) is 35.8 Å². The highest BCUT2D eigenvalue weighted by Gasteiger charge is 2.44. The molecule has 0 bridgehead atoms. The SMILES string of the molecule is Cc1cc(C)n(CC2(CNC(=O)[C@@H](c3ccccc3F)N(C)C)CC2)n1. The molecule has 1 aliphatic carbocycles. The predicted molar refractivity (Wildman–Crippen MR) is 99.2 cm³/mol. The largest absolute Gasteiger partial charge is 0.354 e. The highest BCUT2D eigenvalue weighted by Crippen LogP contribution is 2.46. The lowest BCUT2D eigenvalue weighted by Gasteiger charge is -2.25. The molecule has 1 atom stereocenters. The number of nitrogens with one attached hydrogen (secondary N) is 1. The van der Waals surface area contributed by atoms with E-state index in [0.717, 1.165) is 30.8 Å². The zero-order valence-corrected chi connectivity index (χ0v) is 15.9. The maximum Gasteiger partial charge on any atom is 0.242 e. The number of hydrogen-bond donors (Lipinski definition) is 1. The standard InChI is InChI=1S/C20H27FN4O/c1-14-11-15(2)25(23-14)13-20(9-10-20)12-22-19(26)18(24(3)4)16-7-5-6-8-17(16)21/h5-8,11,18H,9-10,12-13H2,1-4H3,(H,22,26)/t18-/m1/s1. The molecule has 26 heavy (non-hydrogen) atoms. The number of aryl methyl sites for hydroxylation is 2. The summed E-state index contributed by atoms with van der Waals surface area (Å²) in [5.74, 6) is -0.523. The Morgan fingerprint density at radius 3 is 2.58 bits per heavy atom. The summed E-state index contributed by atoms with van der Waals surface area (Å²) in [7, 11) is 3.58. The molecule has 1 saturated carbocycles. The van der Waals surface area contributed by atoms with Crippen LogP contribution in [0, 0.1) is 25.1 Å². The van der Waals surface area contributed by atoms with Gasteiger partial charge in [-0.15, -0.1) is 0 Å². The fourth-order valence-corrected chi connectivity index (χ4v) is 3.44. The molecule has 1 aromatic heterocycles. The first-order chi connectivity index (χ1) is 12.3. The maximum absolute atomic E-state index is 14.2. The summed E-state index contributed by atoms with van der Waals surface area (Å²) >= 11 is 0. The monoisotopic (exact) mass is 358 g/mol. The summed E-state index contributed by atoms with van der Waals surface area (Å²) in [4.78, 5) is 14.5. The Morgan fingerprint density at radius 1 is 1.35 bits per heavy atom. The molecule has 5 nitrogen and oxygen atoms in total. The molecule has 1 N–H and O–H groups in total. The van der Waals surface area contributed by atoms with Crippen LogP contribution in [0.3, 0.4) is 0 Å². The van der Waals surface area contributed by atoms with Gasteiger partial charge in [0.05, 0.1) is 5.69 Å². The Bertz CT molecular complexity index is 795. The molecule has 0 aliphatic heterocycles. The minimum absolute atomic E-state index is 0.0605. The van der Waals surface area contributed by atoms with Crippen molar-refractivity contribution in [1.29, 1.82) is 0 Å². The average Bonchev–Trinajstić information content (AvgIpc) is 3.26. The van der Waals surface area contributed by atoms with E-state index in [1.807, 2.05) is 11.6 Å². The fourth-order valence-electron chi connectivity index (χ4n) is 3.44. The third-order valence-corrected chi connectivity index (χ3v) is 5.15. The number of aromatic nitrogens is 2. The smallest absolute Gasteiger partial charge is 0.242 e. The minimum Gasteiger partial charge on any atom is -0.354 e. The van der Waals surface area contributed by atoms with E-state index in [1.54, 1.807) is 37.2 Å². The van der Waals surface area contributed by atoms with Crippen molar-refractivity contribution in [3.63, 3.8) is 0 Å². The first-order valence-electron chi connectivity index (χ1n) is 9.01. The van der Waals surface area contributed by atoms with E-state index in [0.29, 0.717) is 12.1 Å². The topological polar surface area (TPSA) is 50.2 Å². The first kappa shape index (κ1) is 18.6. The number of amides is 1. The molecule has 1 aliphatic rings. The Balaban J connectivity index is 1.67. The van der Waals surface area contributed by atoms with Crippen molar-refractivity contribution >= 4 is 5.91 Å². The van der Waals surface area contributed by atoms with Gasteiger partial charge in [-0.05, 0) is 52.9 Å². The molecule has 0 spiro atoms. The molecule has 1 amide bonds. The molecule has 6 heteroatoms. The highest BCUT2D eigenvalue weighted by molar-refractivity contribution is 5.83. The van der Waals surface area contributed by atoms with E-state index in [4.69, 9.17) is 0 Å².